The fraction of sp³-hybridized carbons (Fsp3) is 0.250. The standard InChI is InChI=1S/C20H21N3O4S2/c1-14-18(15(2)27-23-14)13-28-20-17(9-6-10-22-20)19(24)21-11-12-29(25,26)16-7-4-3-5-8-16/h3-10H,11-13H2,1-2H3,(H,21,24). The van der Waals surface area contributed by atoms with Crippen LogP contribution in [0.15, 0.2) is 63.1 Å². The number of nitrogens with zero attached hydrogens (tertiary/aromatic N) is 2. The molecule has 0 fully saturated rings. The SMILES string of the molecule is Cc1noc(C)c1CSc1ncccc1C(=O)NCCS(=O)(=O)c1ccccc1. The molecule has 3 rings (SSSR count). The van der Waals surface area contributed by atoms with E-state index >= 15 is 0 Å². The zero-order chi connectivity index (χ0) is 20.9. The molecule has 0 unspecified atom stereocenters. The number of carbonyl (C=O) groups excluding carboxylic acids is 1. The van der Waals surface area contributed by atoms with E-state index in [1.54, 1.807) is 48.7 Å². The van der Waals surface area contributed by atoms with Gasteiger partial charge in [-0.15, -0.1) is 11.8 Å². The van der Waals surface area contributed by atoms with Gasteiger partial charge in [-0.1, -0.05) is 23.4 Å². The van der Waals surface area contributed by atoms with Crippen LogP contribution in [0.25, 0.3) is 0 Å². The van der Waals surface area contributed by atoms with Gasteiger partial charge in [-0.25, -0.2) is 13.4 Å². The monoisotopic (exact) mass is 431 g/mol. The molecular formula is C20H21N3O4S2. The molecule has 2 aromatic heterocycles. The maximum absolute atomic E-state index is 12.6. The summed E-state index contributed by atoms with van der Waals surface area (Å²) < 4.78 is 29.8. The van der Waals surface area contributed by atoms with Gasteiger partial charge >= 0.3 is 0 Å². The quantitative estimate of drug-likeness (QED) is 0.547. The average Bonchev–Trinajstić information content (AvgIpc) is 3.04. The molecule has 3 aromatic rings. The predicted molar refractivity (Wildman–Crippen MR) is 111 cm³/mol. The number of hydrogen-bond donors (Lipinski definition) is 1. The maximum atomic E-state index is 12.6. The molecule has 9 heteroatoms. The molecule has 0 aliphatic rings. The molecule has 0 saturated carbocycles. The number of aromatic nitrogens is 2. The Balaban J connectivity index is 1.63. The molecule has 0 saturated heterocycles. The molecular weight excluding hydrogens is 410 g/mol. The highest BCUT2D eigenvalue weighted by Gasteiger charge is 2.17. The molecule has 7 nitrogen and oxygen atoms in total. The highest BCUT2D eigenvalue weighted by molar-refractivity contribution is 7.98. The molecule has 29 heavy (non-hydrogen) atoms. The second kappa shape index (κ2) is 9.23. The third kappa shape index (κ3) is 5.24. The average molecular weight is 432 g/mol. The van der Waals surface area contributed by atoms with Crippen LogP contribution in [-0.4, -0.2) is 36.8 Å². The lowest BCUT2D eigenvalue weighted by atomic mass is 10.2. The van der Waals surface area contributed by atoms with Crippen LogP contribution in [0.2, 0.25) is 0 Å². The van der Waals surface area contributed by atoms with Gasteiger partial charge in [0.05, 0.1) is 21.9 Å². The first-order valence-corrected chi connectivity index (χ1v) is 11.6. The molecule has 0 aliphatic heterocycles. The zero-order valence-electron chi connectivity index (χ0n) is 16.1. The number of rotatable bonds is 8. The Morgan fingerprint density at radius 1 is 1.14 bits per heavy atom. The minimum absolute atomic E-state index is 0.0128. The third-order valence-corrected chi connectivity index (χ3v) is 7.07. The Morgan fingerprint density at radius 2 is 1.90 bits per heavy atom. The number of amides is 1. The minimum Gasteiger partial charge on any atom is -0.361 e. The molecule has 2 heterocycles. The fourth-order valence-electron chi connectivity index (χ4n) is 2.67. The second-order valence-corrected chi connectivity index (χ2v) is 9.41. The first-order valence-electron chi connectivity index (χ1n) is 8.94. The summed E-state index contributed by atoms with van der Waals surface area (Å²) in [7, 11) is -3.45. The van der Waals surface area contributed by atoms with Gasteiger partial charge in [0, 0.05) is 24.1 Å². The summed E-state index contributed by atoms with van der Waals surface area (Å²) >= 11 is 1.41. The summed E-state index contributed by atoms with van der Waals surface area (Å²) in [5.41, 5.74) is 2.19. The molecule has 1 amide bonds. The van der Waals surface area contributed by atoms with Crippen LogP contribution in [0.1, 0.15) is 27.4 Å². The van der Waals surface area contributed by atoms with E-state index in [9.17, 15) is 13.2 Å². The van der Waals surface area contributed by atoms with Crippen molar-refractivity contribution in [2.75, 3.05) is 12.3 Å². The minimum atomic E-state index is -3.45. The molecule has 1 aromatic carbocycles. The van der Waals surface area contributed by atoms with Gasteiger partial charge in [-0.05, 0) is 38.1 Å². The van der Waals surface area contributed by atoms with Crippen molar-refractivity contribution in [1.29, 1.82) is 0 Å². The van der Waals surface area contributed by atoms with Crippen molar-refractivity contribution in [3.63, 3.8) is 0 Å². The van der Waals surface area contributed by atoms with E-state index in [2.05, 4.69) is 15.5 Å². The van der Waals surface area contributed by atoms with Crippen LogP contribution in [0.3, 0.4) is 0 Å². The highest BCUT2D eigenvalue weighted by Crippen LogP contribution is 2.27. The number of aryl methyl sites for hydroxylation is 2. The van der Waals surface area contributed by atoms with Crippen LogP contribution in [0.5, 0.6) is 0 Å². The van der Waals surface area contributed by atoms with Gasteiger partial charge in [-0.3, -0.25) is 4.79 Å². The van der Waals surface area contributed by atoms with E-state index in [0.29, 0.717) is 16.3 Å². The molecule has 0 spiro atoms. The van der Waals surface area contributed by atoms with Crippen LogP contribution >= 0.6 is 11.8 Å². The number of hydrogen-bond acceptors (Lipinski definition) is 7. The normalized spacial score (nSPS) is 11.4. The van der Waals surface area contributed by atoms with Gasteiger partial charge in [-0.2, -0.15) is 0 Å². The number of nitrogens with one attached hydrogen (secondary N) is 1. The number of thioether (sulfide) groups is 1. The van der Waals surface area contributed by atoms with Crippen LogP contribution < -0.4 is 5.32 Å². The van der Waals surface area contributed by atoms with Crippen molar-refractivity contribution in [3.8, 4) is 0 Å². The van der Waals surface area contributed by atoms with Crippen LogP contribution in [-0.2, 0) is 15.6 Å². The third-order valence-electron chi connectivity index (χ3n) is 4.31. The Morgan fingerprint density at radius 3 is 2.59 bits per heavy atom. The number of benzene rings is 1. The molecule has 0 atom stereocenters. The lowest BCUT2D eigenvalue weighted by Gasteiger charge is -2.09. The summed E-state index contributed by atoms with van der Waals surface area (Å²) in [5, 5.41) is 7.17. The Hall–Kier alpha value is -2.65. The Bertz CT molecular complexity index is 1080. The summed E-state index contributed by atoms with van der Waals surface area (Å²) in [6, 6.07) is 11.5. The van der Waals surface area contributed by atoms with E-state index in [1.807, 2.05) is 13.8 Å². The molecule has 0 bridgehead atoms. The second-order valence-electron chi connectivity index (χ2n) is 6.34. The van der Waals surface area contributed by atoms with Gasteiger partial charge in [0.15, 0.2) is 9.84 Å². The van der Waals surface area contributed by atoms with E-state index < -0.39 is 9.84 Å². The van der Waals surface area contributed by atoms with Crippen LogP contribution in [0.4, 0.5) is 0 Å². The first kappa shape index (κ1) is 21.1. The summed E-state index contributed by atoms with van der Waals surface area (Å²) in [6.45, 7) is 3.72. The summed E-state index contributed by atoms with van der Waals surface area (Å²) in [4.78, 5) is 17.1. The van der Waals surface area contributed by atoms with Crippen molar-refractivity contribution in [2.24, 2.45) is 0 Å². The van der Waals surface area contributed by atoms with E-state index in [0.717, 1.165) is 17.0 Å². The van der Waals surface area contributed by atoms with Crippen molar-refractivity contribution >= 4 is 27.5 Å². The van der Waals surface area contributed by atoms with Gasteiger partial charge in [0.25, 0.3) is 5.91 Å². The molecule has 0 radical (unpaired) electrons. The fourth-order valence-corrected chi connectivity index (χ4v) is 4.99. The number of sulfone groups is 1. The molecule has 1 N–H and O–H groups in total. The van der Waals surface area contributed by atoms with E-state index in [-0.39, 0.29) is 23.1 Å². The van der Waals surface area contributed by atoms with Crippen molar-refractivity contribution < 1.29 is 17.7 Å². The topological polar surface area (TPSA) is 102 Å². The van der Waals surface area contributed by atoms with E-state index in [1.165, 1.54) is 11.8 Å². The largest absolute Gasteiger partial charge is 0.361 e. The first-order chi connectivity index (χ1) is 13.9. The van der Waals surface area contributed by atoms with Crippen molar-refractivity contribution in [3.05, 3.63) is 71.2 Å². The number of carbonyl (C=O) groups is 1. The Kier molecular flexibility index (Phi) is 6.71. The van der Waals surface area contributed by atoms with Gasteiger partial charge < -0.3 is 9.84 Å². The lowest BCUT2D eigenvalue weighted by Crippen LogP contribution is -2.29. The van der Waals surface area contributed by atoms with Gasteiger partial charge in [0.1, 0.15) is 10.8 Å². The smallest absolute Gasteiger partial charge is 0.254 e. The zero-order valence-corrected chi connectivity index (χ0v) is 17.7. The Labute approximate surface area is 173 Å². The summed E-state index contributed by atoms with van der Waals surface area (Å²) in [5.74, 6) is 0.775. The van der Waals surface area contributed by atoms with Crippen molar-refractivity contribution in [2.45, 2.75) is 29.5 Å². The summed E-state index contributed by atoms with van der Waals surface area (Å²) in [6.07, 6.45) is 1.62. The maximum Gasteiger partial charge on any atom is 0.254 e. The molecule has 152 valence electrons. The van der Waals surface area contributed by atoms with Crippen molar-refractivity contribution in [1.82, 2.24) is 15.5 Å². The van der Waals surface area contributed by atoms with Gasteiger partial charge in [0.2, 0.25) is 0 Å². The van der Waals surface area contributed by atoms with Crippen LogP contribution in [0, 0.1) is 13.8 Å². The van der Waals surface area contributed by atoms with E-state index in [4.69, 9.17) is 4.52 Å². The predicted octanol–water partition coefficient (Wildman–Crippen LogP) is 3.18. The molecule has 0 aliphatic carbocycles. The lowest BCUT2D eigenvalue weighted by molar-refractivity contribution is 0.0952. The highest BCUT2D eigenvalue weighted by atomic mass is 32.2. The number of pyridine rings is 1.